The van der Waals surface area contributed by atoms with Gasteiger partial charge in [0.2, 0.25) is 5.91 Å². The van der Waals surface area contributed by atoms with Gasteiger partial charge < -0.3 is 24.4 Å². The van der Waals surface area contributed by atoms with Crippen LogP contribution in [0.3, 0.4) is 0 Å². The van der Waals surface area contributed by atoms with Crippen molar-refractivity contribution in [3.8, 4) is 16.9 Å². The largest absolute Gasteiger partial charge is 0.497 e. The van der Waals surface area contributed by atoms with Crippen molar-refractivity contribution in [3.05, 3.63) is 48.5 Å². The zero-order valence-electron chi connectivity index (χ0n) is 17.5. The molecule has 2 fully saturated rings. The standard InChI is InChI=1S/C17H22N2O5.C6H4/c1-10(20)18-14-15(13-9-23-17(2,3)24-13)19(16(14)21)11-5-7-12(22-4)8-6-11;1-2-5-4-6(5)3-1/h5-8,13-15H,9H2,1-4H3,(H,18,20);1-4H/t13?,14-,15+;/m0./s1. The molecule has 3 atom stereocenters. The molecule has 2 saturated heterocycles. The lowest BCUT2D eigenvalue weighted by Gasteiger charge is -2.49. The molecule has 1 N–H and O–H groups in total. The molecule has 2 amide bonds. The van der Waals surface area contributed by atoms with Crippen LogP contribution in [0.4, 0.5) is 5.69 Å². The van der Waals surface area contributed by atoms with Crippen LogP contribution in [-0.2, 0) is 19.1 Å². The number of ether oxygens (including phenoxy) is 3. The summed E-state index contributed by atoms with van der Waals surface area (Å²) >= 11 is 0. The van der Waals surface area contributed by atoms with E-state index in [0.29, 0.717) is 12.4 Å². The highest BCUT2D eigenvalue weighted by Crippen LogP contribution is 2.36. The molecule has 2 aliphatic carbocycles. The molecule has 1 aromatic rings. The number of benzene rings is 2. The Balaban J connectivity index is 0.000000305. The van der Waals surface area contributed by atoms with Crippen LogP contribution in [-0.4, -0.2) is 49.5 Å². The van der Waals surface area contributed by atoms with Crippen molar-refractivity contribution >= 4 is 17.5 Å². The fraction of sp³-hybridized carbons (Fsp3) is 0.391. The number of anilines is 1. The van der Waals surface area contributed by atoms with Crippen LogP contribution in [0.1, 0.15) is 20.8 Å². The number of carbonyl (C=O) groups excluding carboxylic acids is 2. The molecule has 0 aromatic heterocycles. The van der Waals surface area contributed by atoms with Gasteiger partial charge in [-0.25, -0.2) is 0 Å². The molecule has 30 heavy (non-hydrogen) atoms. The van der Waals surface area contributed by atoms with Crippen molar-refractivity contribution in [1.82, 2.24) is 5.32 Å². The van der Waals surface area contributed by atoms with Crippen molar-refractivity contribution in [1.29, 1.82) is 0 Å². The van der Waals surface area contributed by atoms with Gasteiger partial charge in [-0.1, -0.05) is 18.2 Å². The summed E-state index contributed by atoms with van der Waals surface area (Å²) in [5, 5.41) is 2.72. The van der Waals surface area contributed by atoms with Gasteiger partial charge in [0.1, 0.15) is 17.9 Å². The Hall–Kier alpha value is -2.90. The Kier molecular flexibility index (Phi) is 5.26. The summed E-state index contributed by atoms with van der Waals surface area (Å²) in [7, 11) is 1.59. The van der Waals surface area contributed by atoms with Gasteiger partial charge >= 0.3 is 0 Å². The van der Waals surface area contributed by atoms with Crippen molar-refractivity contribution < 1.29 is 23.8 Å². The summed E-state index contributed by atoms with van der Waals surface area (Å²) in [5.41, 5.74) is 3.59. The Morgan fingerprint density at radius 3 is 2.27 bits per heavy atom. The number of fused-ring (bicyclic) bond motifs is 1. The number of carbonyl (C=O) groups is 2. The Morgan fingerprint density at radius 2 is 1.83 bits per heavy atom. The molecule has 7 heteroatoms. The van der Waals surface area contributed by atoms with Gasteiger partial charge in [-0.3, -0.25) is 9.59 Å². The van der Waals surface area contributed by atoms with E-state index in [-0.39, 0.29) is 24.0 Å². The molecule has 158 valence electrons. The minimum atomic E-state index is -0.699. The second-order valence-corrected chi connectivity index (χ2v) is 8.02. The van der Waals surface area contributed by atoms with Crippen molar-refractivity contribution in [3.63, 3.8) is 0 Å². The number of amides is 2. The first-order chi connectivity index (χ1) is 14.3. The van der Waals surface area contributed by atoms with E-state index >= 15 is 0 Å². The molecule has 0 spiro atoms. The third-order valence-corrected chi connectivity index (χ3v) is 5.38. The average molecular weight is 410 g/mol. The molecule has 4 aliphatic rings. The van der Waals surface area contributed by atoms with Gasteiger partial charge in [0.25, 0.3) is 5.91 Å². The van der Waals surface area contributed by atoms with Crippen molar-refractivity contribution in [2.75, 3.05) is 18.6 Å². The highest BCUT2D eigenvalue weighted by Gasteiger charge is 2.55. The summed E-state index contributed by atoms with van der Waals surface area (Å²) in [5.74, 6) is -0.391. The third kappa shape index (κ3) is 4.04. The zero-order chi connectivity index (χ0) is 21.5. The van der Waals surface area contributed by atoms with Gasteiger partial charge in [0.05, 0.1) is 19.8 Å². The van der Waals surface area contributed by atoms with E-state index in [2.05, 4.69) is 29.6 Å². The van der Waals surface area contributed by atoms with Gasteiger partial charge in [-0.15, -0.1) is 0 Å². The summed E-state index contributed by atoms with van der Waals surface area (Å²) in [4.78, 5) is 25.6. The van der Waals surface area contributed by atoms with E-state index in [1.165, 1.54) is 18.1 Å². The van der Waals surface area contributed by atoms with Crippen LogP contribution in [0.25, 0.3) is 11.1 Å². The maximum Gasteiger partial charge on any atom is 0.252 e. The Labute approximate surface area is 175 Å². The summed E-state index contributed by atoms with van der Waals surface area (Å²) in [6.07, 6.45) is -0.309. The van der Waals surface area contributed by atoms with Gasteiger partial charge in [-0.2, -0.15) is 0 Å². The molecular formula is C23H26N2O5. The first-order valence-electron chi connectivity index (χ1n) is 9.95. The summed E-state index contributed by atoms with van der Waals surface area (Å²) in [6, 6.07) is 14.8. The number of hydrogen-bond acceptors (Lipinski definition) is 5. The average Bonchev–Trinajstić information content (AvgIpc) is 3.14. The molecule has 1 unspecified atom stereocenters. The van der Waals surface area contributed by atoms with E-state index < -0.39 is 11.8 Å². The number of nitrogens with one attached hydrogen (secondary N) is 1. The second kappa shape index (κ2) is 7.74. The number of β-lactam (4-membered cyclic amide) rings is 1. The highest BCUT2D eigenvalue weighted by molar-refractivity contribution is 6.07. The van der Waals surface area contributed by atoms with E-state index in [1.54, 1.807) is 24.1 Å². The predicted octanol–water partition coefficient (Wildman–Crippen LogP) is 2.73. The first-order valence-corrected chi connectivity index (χ1v) is 9.95. The molecule has 1 aromatic carbocycles. The van der Waals surface area contributed by atoms with E-state index in [0.717, 1.165) is 5.69 Å². The number of nitrogens with zero attached hydrogens (tertiary/aromatic N) is 1. The Morgan fingerprint density at radius 1 is 1.17 bits per heavy atom. The van der Waals surface area contributed by atoms with Crippen LogP contribution in [0.5, 0.6) is 5.75 Å². The second-order valence-electron chi connectivity index (χ2n) is 8.02. The normalized spacial score (nSPS) is 25.0. The third-order valence-electron chi connectivity index (χ3n) is 5.38. The van der Waals surface area contributed by atoms with E-state index in [9.17, 15) is 9.59 Å². The minimum absolute atomic E-state index is 0.159. The topological polar surface area (TPSA) is 77.1 Å². The van der Waals surface area contributed by atoms with Crippen LogP contribution in [0, 0.1) is 0 Å². The molecular weight excluding hydrogens is 384 g/mol. The molecule has 0 saturated carbocycles. The highest BCUT2D eigenvalue weighted by atomic mass is 16.7. The fourth-order valence-electron chi connectivity index (χ4n) is 3.86. The number of rotatable bonds is 4. The minimum Gasteiger partial charge on any atom is -0.497 e. The molecule has 0 bridgehead atoms. The first kappa shape index (κ1) is 20.4. The van der Waals surface area contributed by atoms with Crippen LogP contribution in [0.2, 0.25) is 0 Å². The molecule has 5 rings (SSSR count). The lowest BCUT2D eigenvalue weighted by molar-refractivity contribution is -0.150. The van der Waals surface area contributed by atoms with Gasteiger partial charge in [-0.05, 0) is 55.3 Å². The van der Waals surface area contributed by atoms with Crippen molar-refractivity contribution in [2.24, 2.45) is 0 Å². The smallest absolute Gasteiger partial charge is 0.252 e. The fourth-order valence-corrected chi connectivity index (χ4v) is 3.86. The van der Waals surface area contributed by atoms with E-state index in [4.69, 9.17) is 14.2 Å². The summed E-state index contributed by atoms with van der Waals surface area (Å²) in [6.45, 7) is 5.43. The number of methoxy groups -OCH3 is 1. The lowest BCUT2D eigenvalue weighted by Crippen LogP contribution is -2.75. The summed E-state index contributed by atoms with van der Waals surface area (Å²) < 4.78 is 16.7. The van der Waals surface area contributed by atoms with Gasteiger partial charge in [0.15, 0.2) is 5.79 Å². The molecule has 2 heterocycles. The van der Waals surface area contributed by atoms with Crippen LogP contribution >= 0.6 is 0 Å². The number of hydrogen-bond donors (Lipinski definition) is 1. The SMILES string of the molecule is COc1ccc(N2C(=O)[C@@H](NC(C)=O)[C@H]2C2COC(C)(C)O2)cc1.c1cc2cc-2c1. The molecule has 0 radical (unpaired) electrons. The van der Waals surface area contributed by atoms with Crippen molar-refractivity contribution in [2.45, 2.75) is 44.7 Å². The van der Waals surface area contributed by atoms with E-state index in [1.807, 2.05) is 26.0 Å². The quantitative estimate of drug-likeness (QED) is 0.670. The maximum absolute atomic E-state index is 12.6. The molecule has 7 nitrogen and oxygen atoms in total. The zero-order valence-corrected chi connectivity index (χ0v) is 17.5. The monoisotopic (exact) mass is 410 g/mol. The molecule has 2 aliphatic heterocycles. The predicted molar refractivity (Wildman–Crippen MR) is 112 cm³/mol. The maximum atomic E-state index is 12.6. The lowest BCUT2D eigenvalue weighted by atomic mass is 9.89. The van der Waals surface area contributed by atoms with Crippen LogP contribution < -0.4 is 15.0 Å². The Bertz CT molecular complexity index is 939. The van der Waals surface area contributed by atoms with Gasteiger partial charge in [0, 0.05) is 12.6 Å². The van der Waals surface area contributed by atoms with Crippen LogP contribution in [0.15, 0.2) is 48.5 Å².